The quantitative estimate of drug-likeness (QED) is 0.570. The lowest BCUT2D eigenvalue weighted by Gasteiger charge is -2.29. The Morgan fingerprint density at radius 2 is 2.29 bits per heavy atom. The predicted octanol–water partition coefficient (Wildman–Crippen LogP) is 1.34. The van der Waals surface area contributed by atoms with Crippen molar-refractivity contribution < 1.29 is 0 Å². The summed E-state index contributed by atoms with van der Waals surface area (Å²) in [6.45, 7) is 2.13. The molecule has 2 nitrogen and oxygen atoms in total. The summed E-state index contributed by atoms with van der Waals surface area (Å²) in [4.78, 5) is 6.67. The van der Waals surface area contributed by atoms with Gasteiger partial charge in [-0.2, -0.15) is 0 Å². The lowest BCUT2D eigenvalue weighted by Crippen LogP contribution is -2.27. The van der Waals surface area contributed by atoms with Crippen LogP contribution < -0.4 is 4.80 Å². The molecule has 74 valence electrons. The van der Waals surface area contributed by atoms with E-state index in [1.54, 1.807) is 11.3 Å². The maximum absolute atomic E-state index is 6.28. The minimum Gasteiger partial charge on any atom is -0.324 e. The van der Waals surface area contributed by atoms with Crippen molar-refractivity contribution in [3.63, 3.8) is 0 Å². The minimum atomic E-state index is -0.140. The van der Waals surface area contributed by atoms with Crippen LogP contribution in [0, 0.1) is 0 Å². The van der Waals surface area contributed by atoms with Crippen molar-refractivity contribution in [3.8, 4) is 0 Å². The first-order valence-electron chi connectivity index (χ1n) is 4.97. The Kier molecular flexibility index (Phi) is 2.34. The summed E-state index contributed by atoms with van der Waals surface area (Å²) in [5.41, 5.74) is 1.38. The molecule has 0 spiro atoms. The van der Waals surface area contributed by atoms with E-state index >= 15 is 0 Å². The predicted molar refractivity (Wildman–Crippen MR) is 60.8 cm³/mol. The van der Waals surface area contributed by atoms with Gasteiger partial charge in [-0.3, -0.25) is 4.99 Å². The summed E-state index contributed by atoms with van der Waals surface area (Å²) < 4.78 is 2.18. The van der Waals surface area contributed by atoms with E-state index in [1.165, 1.54) is 17.0 Å². The lowest BCUT2D eigenvalue weighted by molar-refractivity contribution is 0.524. The lowest BCUT2D eigenvalue weighted by atomic mass is 9.63. The number of hydrogen-bond acceptors (Lipinski definition) is 2. The van der Waals surface area contributed by atoms with E-state index < -0.39 is 0 Å². The molecule has 1 heterocycles. The fourth-order valence-corrected chi connectivity index (χ4v) is 3.36. The Hall–Kier alpha value is -0.505. The summed E-state index contributed by atoms with van der Waals surface area (Å²) in [7, 11) is 10.2. The van der Waals surface area contributed by atoms with Crippen molar-refractivity contribution in [1.29, 1.82) is 0 Å². The third-order valence-corrected chi connectivity index (χ3v) is 4.51. The normalized spacial score (nSPS) is 27.8. The monoisotopic (exact) mass is 206 g/mol. The van der Waals surface area contributed by atoms with Gasteiger partial charge in [0.15, 0.2) is 4.80 Å². The molecule has 0 amide bonds. The first-order chi connectivity index (χ1) is 6.56. The van der Waals surface area contributed by atoms with Crippen LogP contribution in [0.5, 0.6) is 0 Å². The van der Waals surface area contributed by atoms with Crippen molar-refractivity contribution >= 4 is 19.2 Å². The highest BCUT2D eigenvalue weighted by Crippen LogP contribution is 2.35. The van der Waals surface area contributed by atoms with Crippen molar-refractivity contribution in [2.75, 3.05) is 7.05 Å². The summed E-state index contributed by atoms with van der Waals surface area (Å²) in [5, 5.41) is -0.140. The zero-order valence-electron chi connectivity index (χ0n) is 9.00. The minimum absolute atomic E-state index is 0.140. The summed E-state index contributed by atoms with van der Waals surface area (Å²) in [6, 6.07) is 0. The average molecular weight is 206 g/mol. The van der Waals surface area contributed by atoms with Gasteiger partial charge in [0, 0.05) is 24.7 Å². The van der Waals surface area contributed by atoms with Crippen LogP contribution in [-0.2, 0) is 18.8 Å². The maximum Gasteiger partial charge on any atom is 0.184 e. The Bertz CT molecular complexity index is 414. The number of rotatable bonds is 0. The van der Waals surface area contributed by atoms with E-state index in [0.717, 1.165) is 17.6 Å². The number of nitrogens with zero attached hydrogens (tertiary/aromatic N) is 2. The molecule has 0 bridgehead atoms. The van der Waals surface area contributed by atoms with Crippen molar-refractivity contribution in [3.05, 3.63) is 15.4 Å². The van der Waals surface area contributed by atoms with Crippen molar-refractivity contribution in [2.45, 2.75) is 31.5 Å². The molecule has 2 rings (SSSR count). The molecule has 0 N–H and O–H groups in total. The smallest absolute Gasteiger partial charge is 0.184 e. The van der Waals surface area contributed by atoms with Crippen LogP contribution in [0.2, 0.25) is 0 Å². The molecular weight excluding hydrogens is 191 g/mol. The van der Waals surface area contributed by atoms with Crippen LogP contribution in [0.1, 0.15) is 30.3 Å². The number of fused-ring (bicyclic) bond motifs is 1. The van der Waals surface area contributed by atoms with E-state index in [1.807, 2.05) is 7.05 Å². The van der Waals surface area contributed by atoms with Gasteiger partial charge in [-0.1, -0.05) is 13.3 Å². The van der Waals surface area contributed by atoms with Gasteiger partial charge < -0.3 is 4.57 Å². The highest BCUT2D eigenvalue weighted by atomic mass is 32.1. The number of thiazole rings is 1. The fourth-order valence-electron chi connectivity index (χ4n) is 2.15. The summed E-state index contributed by atoms with van der Waals surface area (Å²) >= 11 is 1.74. The molecule has 1 aromatic rings. The molecule has 0 aliphatic heterocycles. The van der Waals surface area contributed by atoms with E-state index in [9.17, 15) is 0 Å². The first kappa shape index (κ1) is 10.0. The molecule has 4 heteroatoms. The fraction of sp³-hybridized carbons (Fsp3) is 0.700. The molecule has 0 saturated heterocycles. The van der Waals surface area contributed by atoms with E-state index in [4.69, 9.17) is 7.85 Å². The highest BCUT2D eigenvalue weighted by molar-refractivity contribution is 7.09. The zero-order chi connectivity index (χ0) is 10.3. The Labute approximate surface area is 90.1 Å². The van der Waals surface area contributed by atoms with E-state index in [-0.39, 0.29) is 5.31 Å². The van der Waals surface area contributed by atoms with Gasteiger partial charge in [-0.25, -0.2) is 0 Å². The van der Waals surface area contributed by atoms with Crippen LogP contribution in [-0.4, -0.2) is 19.5 Å². The van der Waals surface area contributed by atoms with Crippen molar-refractivity contribution in [2.24, 2.45) is 12.0 Å². The second kappa shape index (κ2) is 3.26. The standard InChI is InChI=1S/C10H15BN2S/c1-10(11)6-4-5-7-8(10)14-9(12-2)13(7)3/h4-6H2,1-3H3. The molecule has 2 radical (unpaired) electrons. The van der Waals surface area contributed by atoms with E-state index in [2.05, 4.69) is 23.5 Å². The van der Waals surface area contributed by atoms with Crippen LogP contribution in [0.15, 0.2) is 4.99 Å². The topological polar surface area (TPSA) is 17.3 Å². The number of aromatic nitrogens is 1. The first-order valence-corrected chi connectivity index (χ1v) is 5.79. The molecule has 0 fully saturated rings. The summed E-state index contributed by atoms with van der Waals surface area (Å²) in [6.07, 6.45) is 3.42. The van der Waals surface area contributed by atoms with Gasteiger partial charge in [0.1, 0.15) is 0 Å². The third-order valence-electron chi connectivity index (χ3n) is 2.97. The van der Waals surface area contributed by atoms with Gasteiger partial charge in [0.25, 0.3) is 0 Å². The second-order valence-electron chi connectivity index (χ2n) is 4.21. The Morgan fingerprint density at radius 3 is 2.86 bits per heavy atom. The van der Waals surface area contributed by atoms with Crippen LogP contribution in [0.3, 0.4) is 0 Å². The number of hydrogen-bond donors (Lipinski definition) is 0. The summed E-state index contributed by atoms with van der Waals surface area (Å²) in [5.74, 6) is 0. The third kappa shape index (κ3) is 1.36. The van der Waals surface area contributed by atoms with E-state index in [0.29, 0.717) is 0 Å². The second-order valence-corrected chi connectivity index (χ2v) is 5.19. The molecule has 0 saturated carbocycles. The largest absolute Gasteiger partial charge is 0.324 e. The Morgan fingerprint density at radius 1 is 1.57 bits per heavy atom. The van der Waals surface area contributed by atoms with Crippen LogP contribution in [0.25, 0.3) is 0 Å². The van der Waals surface area contributed by atoms with Crippen LogP contribution >= 0.6 is 11.3 Å². The van der Waals surface area contributed by atoms with Crippen LogP contribution in [0.4, 0.5) is 0 Å². The molecule has 1 atom stereocenters. The zero-order valence-corrected chi connectivity index (χ0v) is 9.82. The highest BCUT2D eigenvalue weighted by Gasteiger charge is 2.30. The molecule has 1 aliphatic carbocycles. The average Bonchev–Trinajstić information content (AvgIpc) is 2.45. The molecule has 0 aromatic carbocycles. The molecule has 1 aromatic heterocycles. The Balaban J connectivity index is 2.67. The van der Waals surface area contributed by atoms with Gasteiger partial charge in [0.05, 0.1) is 7.85 Å². The molecule has 1 aliphatic rings. The SMILES string of the molecule is [B]C1(C)CCCc2c1sc(=NC)n2C. The molecule has 14 heavy (non-hydrogen) atoms. The maximum atomic E-state index is 6.28. The van der Waals surface area contributed by atoms with Crippen molar-refractivity contribution in [1.82, 2.24) is 4.57 Å². The van der Waals surface area contributed by atoms with Gasteiger partial charge in [0.2, 0.25) is 0 Å². The molecular formula is C10H15BN2S. The van der Waals surface area contributed by atoms with Gasteiger partial charge in [-0.15, -0.1) is 11.3 Å². The molecule has 1 unspecified atom stereocenters. The van der Waals surface area contributed by atoms with Gasteiger partial charge >= 0.3 is 0 Å². The van der Waals surface area contributed by atoms with Gasteiger partial charge in [-0.05, 0) is 18.2 Å².